The van der Waals surface area contributed by atoms with Crippen LogP contribution in [0.15, 0.2) is 42.0 Å². The van der Waals surface area contributed by atoms with Gasteiger partial charge in [-0.25, -0.2) is 0 Å². The summed E-state index contributed by atoms with van der Waals surface area (Å²) < 4.78 is 0. The second-order valence-corrected chi connectivity index (χ2v) is 4.03. The van der Waals surface area contributed by atoms with Gasteiger partial charge in [0.05, 0.1) is 0 Å². The average Bonchev–Trinajstić information content (AvgIpc) is 2.31. The first-order valence-corrected chi connectivity index (χ1v) is 6.06. The summed E-state index contributed by atoms with van der Waals surface area (Å²) in [6, 6.07) is 9.48. The van der Waals surface area contributed by atoms with E-state index in [-0.39, 0.29) is 5.78 Å². The molecule has 0 aliphatic rings. The molecule has 0 aliphatic heterocycles. The van der Waals surface area contributed by atoms with E-state index in [1.54, 1.807) is 0 Å². The van der Waals surface area contributed by atoms with Crippen LogP contribution >= 0.6 is 0 Å². The van der Waals surface area contributed by atoms with E-state index in [2.05, 4.69) is 13.8 Å². The third kappa shape index (κ3) is 4.01. The van der Waals surface area contributed by atoms with Crippen LogP contribution in [-0.4, -0.2) is 5.78 Å². The molecule has 0 saturated heterocycles. The maximum atomic E-state index is 11.9. The molecule has 0 radical (unpaired) electrons. The second-order valence-electron chi connectivity index (χ2n) is 4.03. The van der Waals surface area contributed by atoms with Crippen molar-refractivity contribution in [2.24, 2.45) is 0 Å². The lowest BCUT2D eigenvalue weighted by molar-refractivity contribution is 0.104. The molecule has 1 aromatic carbocycles. The Morgan fingerprint density at radius 2 is 1.62 bits per heavy atom. The maximum absolute atomic E-state index is 11.9. The van der Waals surface area contributed by atoms with Gasteiger partial charge in [-0.15, -0.1) is 0 Å². The summed E-state index contributed by atoms with van der Waals surface area (Å²) in [5.41, 5.74) is 2.06. The summed E-state index contributed by atoms with van der Waals surface area (Å²) in [4.78, 5) is 11.9. The van der Waals surface area contributed by atoms with Crippen LogP contribution in [0.3, 0.4) is 0 Å². The molecular formula is C15H20O. The molecule has 0 unspecified atom stereocenters. The minimum atomic E-state index is 0.137. The molecule has 1 nitrogen and oxygen atoms in total. The number of carbonyl (C=O) groups excluding carboxylic acids is 1. The Morgan fingerprint density at radius 3 is 2.12 bits per heavy atom. The molecule has 1 aromatic rings. The van der Waals surface area contributed by atoms with Gasteiger partial charge in [0, 0.05) is 5.56 Å². The van der Waals surface area contributed by atoms with Crippen molar-refractivity contribution in [1.82, 2.24) is 0 Å². The normalized spacial score (nSPS) is 9.88. The van der Waals surface area contributed by atoms with Gasteiger partial charge in [0.2, 0.25) is 0 Å². The lowest BCUT2D eigenvalue weighted by atomic mass is 10.0. The number of carbonyl (C=O) groups is 1. The second kappa shape index (κ2) is 7.00. The van der Waals surface area contributed by atoms with Crippen LogP contribution in [0.1, 0.15) is 49.9 Å². The Balaban J connectivity index is 2.76. The third-order valence-corrected chi connectivity index (χ3v) is 2.54. The van der Waals surface area contributed by atoms with Gasteiger partial charge >= 0.3 is 0 Å². The van der Waals surface area contributed by atoms with Crippen LogP contribution in [-0.2, 0) is 0 Å². The van der Waals surface area contributed by atoms with E-state index in [0.717, 1.165) is 31.2 Å². The van der Waals surface area contributed by atoms with Crippen molar-refractivity contribution in [1.29, 1.82) is 0 Å². The SMILES string of the molecule is CCCC(=CC(=O)c1ccccc1)CCC. The van der Waals surface area contributed by atoms with E-state index < -0.39 is 0 Å². The lowest BCUT2D eigenvalue weighted by Gasteiger charge is -2.03. The topological polar surface area (TPSA) is 17.1 Å². The van der Waals surface area contributed by atoms with E-state index in [1.807, 2.05) is 36.4 Å². The average molecular weight is 216 g/mol. The van der Waals surface area contributed by atoms with Crippen molar-refractivity contribution >= 4 is 5.78 Å². The van der Waals surface area contributed by atoms with E-state index in [1.165, 1.54) is 5.57 Å². The molecule has 1 rings (SSSR count). The summed E-state index contributed by atoms with van der Waals surface area (Å²) in [6.45, 7) is 4.30. The molecule has 0 bridgehead atoms. The highest BCUT2D eigenvalue weighted by Gasteiger charge is 2.03. The molecule has 0 fully saturated rings. The highest BCUT2D eigenvalue weighted by molar-refractivity contribution is 6.04. The first-order chi connectivity index (χ1) is 7.77. The summed E-state index contributed by atoms with van der Waals surface area (Å²) in [5.74, 6) is 0.137. The standard InChI is InChI=1S/C15H20O/c1-3-8-13(9-4-2)12-15(16)14-10-6-5-7-11-14/h5-7,10-12H,3-4,8-9H2,1-2H3. The van der Waals surface area contributed by atoms with Gasteiger partial charge in [-0.1, -0.05) is 62.6 Å². The quantitative estimate of drug-likeness (QED) is 0.509. The fourth-order valence-electron chi connectivity index (χ4n) is 1.78. The Morgan fingerprint density at radius 1 is 1.06 bits per heavy atom. The summed E-state index contributed by atoms with van der Waals surface area (Å²) >= 11 is 0. The first kappa shape index (κ1) is 12.7. The van der Waals surface area contributed by atoms with Crippen molar-refractivity contribution in [3.8, 4) is 0 Å². The summed E-state index contributed by atoms with van der Waals surface area (Å²) in [6.07, 6.45) is 6.10. The van der Waals surface area contributed by atoms with Crippen molar-refractivity contribution in [3.63, 3.8) is 0 Å². The zero-order chi connectivity index (χ0) is 11.8. The van der Waals surface area contributed by atoms with E-state index >= 15 is 0 Å². The predicted octanol–water partition coefficient (Wildman–Crippen LogP) is 4.40. The number of ketones is 1. The van der Waals surface area contributed by atoms with E-state index in [4.69, 9.17) is 0 Å². The molecule has 0 atom stereocenters. The fourth-order valence-corrected chi connectivity index (χ4v) is 1.78. The van der Waals surface area contributed by atoms with Crippen molar-refractivity contribution in [2.75, 3.05) is 0 Å². The number of benzene rings is 1. The number of hydrogen-bond donors (Lipinski definition) is 0. The molecule has 0 saturated carbocycles. The Hall–Kier alpha value is -1.37. The molecule has 0 amide bonds. The smallest absolute Gasteiger partial charge is 0.185 e. The lowest BCUT2D eigenvalue weighted by Crippen LogP contribution is -1.96. The molecule has 86 valence electrons. The summed E-state index contributed by atoms with van der Waals surface area (Å²) in [5, 5.41) is 0. The minimum Gasteiger partial charge on any atom is -0.289 e. The van der Waals surface area contributed by atoms with Gasteiger partial charge in [-0.3, -0.25) is 4.79 Å². The monoisotopic (exact) mass is 216 g/mol. The van der Waals surface area contributed by atoms with E-state index in [9.17, 15) is 4.79 Å². The molecule has 0 N–H and O–H groups in total. The van der Waals surface area contributed by atoms with Gasteiger partial charge < -0.3 is 0 Å². The molecule has 16 heavy (non-hydrogen) atoms. The molecule has 0 aromatic heterocycles. The molecular weight excluding hydrogens is 196 g/mol. The molecule has 0 spiro atoms. The van der Waals surface area contributed by atoms with Crippen LogP contribution < -0.4 is 0 Å². The first-order valence-electron chi connectivity index (χ1n) is 6.06. The molecule has 1 heteroatoms. The highest BCUT2D eigenvalue weighted by atomic mass is 16.1. The van der Waals surface area contributed by atoms with Crippen LogP contribution in [0.25, 0.3) is 0 Å². The van der Waals surface area contributed by atoms with Gasteiger partial charge in [0.25, 0.3) is 0 Å². The van der Waals surface area contributed by atoms with Crippen LogP contribution in [0.2, 0.25) is 0 Å². The van der Waals surface area contributed by atoms with Crippen molar-refractivity contribution < 1.29 is 4.79 Å². The predicted molar refractivity (Wildman–Crippen MR) is 68.7 cm³/mol. The Bertz CT molecular complexity index is 341. The molecule has 0 aliphatic carbocycles. The summed E-state index contributed by atoms with van der Waals surface area (Å²) in [7, 11) is 0. The van der Waals surface area contributed by atoms with Crippen molar-refractivity contribution in [3.05, 3.63) is 47.5 Å². The fraction of sp³-hybridized carbons (Fsp3) is 0.400. The zero-order valence-electron chi connectivity index (χ0n) is 10.2. The van der Waals surface area contributed by atoms with Crippen molar-refractivity contribution in [2.45, 2.75) is 39.5 Å². The number of hydrogen-bond acceptors (Lipinski definition) is 1. The van der Waals surface area contributed by atoms with Crippen LogP contribution in [0.4, 0.5) is 0 Å². The highest BCUT2D eigenvalue weighted by Crippen LogP contribution is 2.13. The molecule has 0 heterocycles. The minimum absolute atomic E-state index is 0.137. The zero-order valence-corrected chi connectivity index (χ0v) is 10.2. The van der Waals surface area contributed by atoms with Gasteiger partial charge in [-0.05, 0) is 18.9 Å². The van der Waals surface area contributed by atoms with E-state index in [0.29, 0.717) is 0 Å². The maximum Gasteiger partial charge on any atom is 0.185 e. The van der Waals surface area contributed by atoms with Gasteiger partial charge in [-0.2, -0.15) is 0 Å². The van der Waals surface area contributed by atoms with Gasteiger partial charge in [0.15, 0.2) is 5.78 Å². The van der Waals surface area contributed by atoms with Crippen LogP contribution in [0, 0.1) is 0 Å². The largest absolute Gasteiger partial charge is 0.289 e. The Kier molecular flexibility index (Phi) is 5.55. The number of rotatable bonds is 6. The van der Waals surface area contributed by atoms with Crippen LogP contribution in [0.5, 0.6) is 0 Å². The van der Waals surface area contributed by atoms with Gasteiger partial charge in [0.1, 0.15) is 0 Å². The third-order valence-electron chi connectivity index (χ3n) is 2.54. The number of allylic oxidation sites excluding steroid dienone is 2. The Labute approximate surface area is 98.2 Å².